The van der Waals surface area contributed by atoms with E-state index in [1.54, 1.807) is 19.1 Å². The van der Waals surface area contributed by atoms with Crippen LogP contribution in [0.2, 0.25) is 0 Å². The number of benzene rings is 1. The van der Waals surface area contributed by atoms with Gasteiger partial charge in [0.15, 0.2) is 0 Å². The van der Waals surface area contributed by atoms with Gasteiger partial charge in [0.2, 0.25) is 0 Å². The van der Waals surface area contributed by atoms with E-state index in [1.165, 1.54) is 12.7 Å². The molecule has 1 unspecified atom stereocenters. The van der Waals surface area contributed by atoms with Crippen molar-refractivity contribution in [3.63, 3.8) is 0 Å². The minimum Gasteiger partial charge on any atom is -0.481 e. The maximum absolute atomic E-state index is 12.2. The van der Waals surface area contributed by atoms with Gasteiger partial charge in [-0.25, -0.2) is 0 Å². The number of ether oxygens (including phenoxy) is 1. The molecule has 0 saturated heterocycles. The molecule has 0 aromatic heterocycles. The van der Waals surface area contributed by atoms with Crippen LogP contribution in [0.15, 0.2) is 24.3 Å². The number of methoxy groups -OCH3 is 1. The molecular formula is C16H23NO4. The smallest absolute Gasteiger partial charge is 0.305 e. The van der Waals surface area contributed by atoms with Crippen LogP contribution >= 0.6 is 0 Å². The number of hydrogen-bond donors (Lipinski definition) is 2. The Bertz CT molecular complexity index is 484. The number of nitrogens with one attached hydrogen (secondary N) is 1. The molecule has 21 heavy (non-hydrogen) atoms. The number of carbonyl (C=O) groups excluding carboxylic acids is 1. The number of aliphatic carboxylic acids is 1. The fourth-order valence-corrected chi connectivity index (χ4v) is 2.24. The van der Waals surface area contributed by atoms with Crippen molar-refractivity contribution < 1.29 is 19.4 Å². The van der Waals surface area contributed by atoms with Gasteiger partial charge in [0.05, 0.1) is 18.6 Å². The lowest BCUT2D eigenvalue weighted by Gasteiger charge is -2.28. The summed E-state index contributed by atoms with van der Waals surface area (Å²) in [6.07, 6.45) is 1.83. The molecule has 1 aromatic rings. The fourth-order valence-electron chi connectivity index (χ4n) is 2.24. The summed E-state index contributed by atoms with van der Waals surface area (Å²) >= 11 is 0. The highest BCUT2D eigenvalue weighted by Gasteiger charge is 2.29. The molecule has 116 valence electrons. The molecule has 0 spiro atoms. The Morgan fingerprint density at radius 3 is 2.38 bits per heavy atom. The van der Waals surface area contributed by atoms with Crippen molar-refractivity contribution in [1.82, 2.24) is 5.32 Å². The van der Waals surface area contributed by atoms with Crippen LogP contribution in [0.4, 0.5) is 0 Å². The molecule has 2 N–H and O–H groups in total. The third-order valence-electron chi connectivity index (χ3n) is 3.17. The minimum atomic E-state index is -0.979. The lowest BCUT2D eigenvalue weighted by Crippen LogP contribution is -2.50. The van der Waals surface area contributed by atoms with Crippen molar-refractivity contribution in [2.75, 3.05) is 13.7 Å². The van der Waals surface area contributed by atoms with Crippen molar-refractivity contribution in [3.8, 4) is 0 Å². The molecule has 0 heterocycles. The van der Waals surface area contributed by atoms with E-state index in [9.17, 15) is 9.59 Å². The maximum atomic E-state index is 12.2. The Morgan fingerprint density at radius 2 is 1.90 bits per heavy atom. The molecule has 0 aliphatic carbocycles. The molecule has 1 amide bonds. The minimum absolute atomic E-state index is 0.138. The monoisotopic (exact) mass is 293 g/mol. The quantitative estimate of drug-likeness (QED) is 0.771. The molecule has 0 aliphatic heterocycles. The van der Waals surface area contributed by atoms with Gasteiger partial charge in [-0.15, -0.1) is 0 Å². The van der Waals surface area contributed by atoms with E-state index < -0.39 is 11.5 Å². The van der Waals surface area contributed by atoms with Crippen LogP contribution in [0, 0.1) is 0 Å². The molecule has 0 bridgehead atoms. The van der Waals surface area contributed by atoms with Gasteiger partial charge in [0.1, 0.15) is 0 Å². The lowest BCUT2D eigenvalue weighted by molar-refractivity contribution is -0.139. The number of carboxylic acids is 1. The molecule has 5 heteroatoms. The number of aryl methyl sites for hydroxylation is 1. The van der Waals surface area contributed by atoms with Crippen LogP contribution < -0.4 is 5.32 Å². The summed E-state index contributed by atoms with van der Waals surface area (Å²) in [4.78, 5) is 23.1. The van der Waals surface area contributed by atoms with Gasteiger partial charge in [0.25, 0.3) is 5.91 Å². The van der Waals surface area contributed by atoms with Crippen molar-refractivity contribution >= 4 is 11.9 Å². The van der Waals surface area contributed by atoms with Crippen molar-refractivity contribution in [2.24, 2.45) is 0 Å². The fraction of sp³-hybridized carbons (Fsp3) is 0.500. The summed E-state index contributed by atoms with van der Waals surface area (Å²) in [5.41, 5.74) is 0.765. The van der Waals surface area contributed by atoms with E-state index in [1.807, 2.05) is 12.1 Å². The average molecular weight is 293 g/mol. The maximum Gasteiger partial charge on any atom is 0.305 e. The van der Waals surface area contributed by atoms with E-state index in [4.69, 9.17) is 9.84 Å². The van der Waals surface area contributed by atoms with E-state index >= 15 is 0 Å². The van der Waals surface area contributed by atoms with Crippen LogP contribution in [0.3, 0.4) is 0 Å². The van der Waals surface area contributed by atoms with Gasteiger partial charge in [-0.05, 0) is 31.0 Å². The Labute approximate surface area is 125 Å². The molecule has 0 saturated carbocycles. The standard InChI is InChI=1S/C16H23NO4/c1-4-5-12-6-8-13(9-7-12)15(20)17-16(2,11-21-3)10-14(18)19/h6-9H,4-5,10-11H2,1-3H3,(H,17,20)(H,18,19). The first kappa shape index (κ1) is 17.2. The SMILES string of the molecule is CCCc1ccc(C(=O)NC(C)(COC)CC(=O)O)cc1. The first-order chi connectivity index (χ1) is 9.90. The second-order valence-electron chi connectivity index (χ2n) is 5.47. The summed E-state index contributed by atoms with van der Waals surface area (Å²) in [7, 11) is 1.48. The molecule has 0 radical (unpaired) electrons. The van der Waals surface area contributed by atoms with Gasteiger partial charge >= 0.3 is 5.97 Å². The molecule has 1 atom stereocenters. The van der Waals surface area contributed by atoms with E-state index in [0.717, 1.165) is 12.8 Å². The normalized spacial score (nSPS) is 13.5. The highest BCUT2D eigenvalue weighted by atomic mass is 16.5. The van der Waals surface area contributed by atoms with E-state index in [0.29, 0.717) is 5.56 Å². The van der Waals surface area contributed by atoms with Gasteiger partial charge in [-0.2, -0.15) is 0 Å². The zero-order valence-corrected chi connectivity index (χ0v) is 12.8. The predicted octanol–water partition coefficient (Wildman–Crippen LogP) is 2.25. The van der Waals surface area contributed by atoms with Crippen molar-refractivity contribution in [1.29, 1.82) is 0 Å². The van der Waals surface area contributed by atoms with Gasteiger partial charge in [0, 0.05) is 12.7 Å². The zero-order valence-electron chi connectivity index (χ0n) is 12.8. The Balaban J connectivity index is 2.78. The number of rotatable bonds is 8. The third kappa shape index (κ3) is 5.55. The number of carboxylic acid groups (broad SMARTS) is 1. The van der Waals surface area contributed by atoms with Crippen LogP contribution in [-0.4, -0.2) is 36.2 Å². The summed E-state index contributed by atoms with van der Waals surface area (Å²) in [5, 5.41) is 11.7. The predicted molar refractivity (Wildman–Crippen MR) is 80.4 cm³/mol. The second kappa shape index (κ2) is 7.78. The number of carbonyl (C=O) groups is 2. The summed E-state index contributed by atoms with van der Waals surface area (Å²) in [6.45, 7) is 3.90. The second-order valence-corrected chi connectivity index (χ2v) is 5.47. The summed E-state index contributed by atoms with van der Waals surface area (Å²) in [5.74, 6) is -1.27. The molecule has 1 rings (SSSR count). The van der Waals surface area contributed by atoms with E-state index in [2.05, 4.69) is 12.2 Å². The van der Waals surface area contributed by atoms with Crippen LogP contribution in [0.25, 0.3) is 0 Å². The molecule has 0 fully saturated rings. The Morgan fingerprint density at radius 1 is 1.29 bits per heavy atom. The van der Waals surface area contributed by atoms with Gasteiger partial charge < -0.3 is 15.2 Å². The molecular weight excluding hydrogens is 270 g/mol. The Hall–Kier alpha value is -1.88. The third-order valence-corrected chi connectivity index (χ3v) is 3.17. The molecule has 1 aromatic carbocycles. The largest absolute Gasteiger partial charge is 0.481 e. The van der Waals surface area contributed by atoms with Crippen molar-refractivity contribution in [3.05, 3.63) is 35.4 Å². The first-order valence-corrected chi connectivity index (χ1v) is 7.02. The van der Waals surface area contributed by atoms with Crippen LogP contribution in [-0.2, 0) is 16.0 Å². The zero-order chi connectivity index (χ0) is 15.9. The summed E-state index contributed by atoms with van der Waals surface area (Å²) < 4.78 is 5.02. The lowest BCUT2D eigenvalue weighted by atomic mass is 9.98. The average Bonchev–Trinajstić information content (AvgIpc) is 2.38. The topological polar surface area (TPSA) is 75.6 Å². The number of amides is 1. The van der Waals surface area contributed by atoms with Gasteiger partial charge in [-0.1, -0.05) is 25.5 Å². The van der Waals surface area contributed by atoms with E-state index in [-0.39, 0.29) is 18.9 Å². The summed E-state index contributed by atoms with van der Waals surface area (Å²) in [6, 6.07) is 7.36. The Kier molecular flexibility index (Phi) is 6.37. The number of hydrogen-bond acceptors (Lipinski definition) is 3. The molecule has 0 aliphatic rings. The van der Waals surface area contributed by atoms with Crippen LogP contribution in [0.1, 0.15) is 42.6 Å². The van der Waals surface area contributed by atoms with Gasteiger partial charge in [-0.3, -0.25) is 9.59 Å². The van der Waals surface area contributed by atoms with Crippen LogP contribution in [0.5, 0.6) is 0 Å². The molecule has 5 nitrogen and oxygen atoms in total. The van der Waals surface area contributed by atoms with Crippen molar-refractivity contribution in [2.45, 2.75) is 38.6 Å². The highest BCUT2D eigenvalue weighted by Crippen LogP contribution is 2.13. The first-order valence-electron chi connectivity index (χ1n) is 7.02. The highest BCUT2D eigenvalue weighted by molar-refractivity contribution is 5.95.